The Kier molecular flexibility index (Phi) is 4.83. The first-order chi connectivity index (χ1) is 10.1. The Labute approximate surface area is 124 Å². The van der Waals surface area contributed by atoms with Crippen LogP contribution in [0, 0.1) is 17.2 Å². The van der Waals surface area contributed by atoms with Gasteiger partial charge in [-0.2, -0.15) is 5.26 Å². The van der Waals surface area contributed by atoms with Gasteiger partial charge in [0.05, 0.1) is 5.69 Å². The van der Waals surface area contributed by atoms with Crippen LogP contribution in [-0.2, 0) is 4.79 Å². The van der Waals surface area contributed by atoms with Crippen LogP contribution in [0.15, 0.2) is 36.0 Å². The van der Waals surface area contributed by atoms with Gasteiger partial charge in [-0.1, -0.05) is 19.1 Å². The molecule has 5 heteroatoms. The van der Waals surface area contributed by atoms with Gasteiger partial charge in [0.25, 0.3) is 5.91 Å². The summed E-state index contributed by atoms with van der Waals surface area (Å²) in [6.45, 7) is 3.88. The summed E-state index contributed by atoms with van der Waals surface area (Å²) < 4.78 is 0. The molecule has 1 fully saturated rings. The van der Waals surface area contributed by atoms with Gasteiger partial charge in [0.2, 0.25) is 0 Å². The van der Waals surface area contributed by atoms with Crippen molar-refractivity contribution in [1.29, 1.82) is 5.26 Å². The van der Waals surface area contributed by atoms with E-state index in [2.05, 4.69) is 12.2 Å². The Morgan fingerprint density at radius 3 is 2.95 bits per heavy atom. The quantitative estimate of drug-likeness (QED) is 0.508. The minimum absolute atomic E-state index is 0.0188. The number of para-hydroxylation sites is 2. The summed E-state index contributed by atoms with van der Waals surface area (Å²) >= 11 is 0. The predicted molar refractivity (Wildman–Crippen MR) is 80.4 cm³/mol. The normalized spacial score (nSPS) is 19.0. The molecule has 1 amide bonds. The number of aromatic hydroxyl groups is 1. The van der Waals surface area contributed by atoms with Crippen LogP contribution in [0.3, 0.4) is 0 Å². The molecule has 1 aromatic rings. The maximum Gasteiger partial charge on any atom is 0.267 e. The third-order valence-corrected chi connectivity index (χ3v) is 3.52. The van der Waals surface area contributed by atoms with E-state index >= 15 is 0 Å². The molecule has 1 aromatic carbocycles. The van der Waals surface area contributed by atoms with Gasteiger partial charge in [-0.3, -0.25) is 4.79 Å². The van der Waals surface area contributed by atoms with Crippen molar-refractivity contribution in [2.75, 3.05) is 18.4 Å². The second-order valence-electron chi connectivity index (χ2n) is 5.37. The number of nitrogens with one attached hydrogen (secondary N) is 1. The SMILES string of the molecule is CC1CCCN(/C=C(/C#N)C(=O)Nc2ccccc2O)C1. The van der Waals surface area contributed by atoms with Crippen molar-refractivity contribution in [1.82, 2.24) is 4.90 Å². The molecule has 5 nitrogen and oxygen atoms in total. The number of carbonyl (C=O) groups excluding carboxylic acids is 1. The van der Waals surface area contributed by atoms with Gasteiger partial charge in [-0.15, -0.1) is 0 Å². The minimum atomic E-state index is -0.503. The molecule has 1 atom stereocenters. The van der Waals surface area contributed by atoms with Crippen molar-refractivity contribution in [3.8, 4) is 11.8 Å². The second-order valence-corrected chi connectivity index (χ2v) is 5.37. The highest BCUT2D eigenvalue weighted by Gasteiger charge is 2.17. The number of nitriles is 1. The first kappa shape index (κ1) is 14.9. The Morgan fingerprint density at radius 1 is 1.52 bits per heavy atom. The van der Waals surface area contributed by atoms with Crippen LogP contribution in [0.25, 0.3) is 0 Å². The summed E-state index contributed by atoms with van der Waals surface area (Å²) in [5.74, 6) is 0.0446. The van der Waals surface area contributed by atoms with Crippen LogP contribution < -0.4 is 5.32 Å². The molecule has 1 saturated heterocycles. The molecule has 0 bridgehead atoms. The third-order valence-electron chi connectivity index (χ3n) is 3.52. The van der Waals surface area contributed by atoms with E-state index in [0.717, 1.165) is 19.5 Å². The van der Waals surface area contributed by atoms with Crippen LogP contribution in [-0.4, -0.2) is 29.0 Å². The Balaban J connectivity index is 2.08. The predicted octanol–water partition coefficient (Wildman–Crippen LogP) is 2.47. The van der Waals surface area contributed by atoms with E-state index in [1.807, 2.05) is 11.0 Å². The lowest BCUT2D eigenvalue weighted by Gasteiger charge is -2.29. The number of anilines is 1. The molecule has 0 aromatic heterocycles. The molecule has 0 radical (unpaired) electrons. The fraction of sp³-hybridized carbons (Fsp3) is 0.375. The number of phenols is 1. The van der Waals surface area contributed by atoms with Crippen molar-refractivity contribution in [3.63, 3.8) is 0 Å². The number of benzene rings is 1. The molecule has 2 N–H and O–H groups in total. The van der Waals surface area contributed by atoms with Gasteiger partial charge < -0.3 is 15.3 Å². The molecular weight excluding hydrogens is 266 g/mol. The van der Waals surface area contributed by atoms with Gasteiger partial charge in [-0.05, 0) is 30.9 Å². The summed E-state index contributed by atoms with van der Waals surface area (Å²) in [4.78, 5) is 14.1. The zero-order valence-corrected chi connectivity index (χ0v) is 12.0. The summed E-state index contributed by atoms with van der Waals surface area (Å²) in [7, 11) is 0. The highest BCUT2D eigenvalue weighted by Crippen LogP contribution is 2.22. The van der Waals surface area contributed by atoms with Crippen LogP contribution >= 0.6 is 0 Å². The summed E-state index contributed by atoms with van der Waals surface area (Å²) in [6.07, 6.45) is 3.86. The molecule has 21 heavy (non-hydrogen) atoms. The average Bonchev–Trinajstić information content (AvgIpc) is 2.47. The zero-order chi connectivity index (χ0) is 15.2. The Hall–Kier alpha value is -2.48. The number of phenolic OH excluding ortho intramolecular Hbond substituents is 1. The number of carbonyl (C=O) groups is 1. The molecule has 1 heterocycles. The van der Waals surface area contributed by atoms with Crippen molar-refractivity contribution in [2.24, 2.45) is 5.92 Å². The van der Waals surface area contributed by atoms with Crippen molar-refractivity contribution in [2.45, 2.75) is 19.8 Å². The fourth-order valence-electron chi connectivity index (χ4n) is 2.43. The Bertz CT molecular complexity index is 589. The number of likely N-dealkylation sites (tertiary alicyclic amines) is 1. The maximum atomic E-state index is 12.1. The molecule has 1 unspecified atom stereocenters. The van der Waals surface area contributed by atoms with Crippen LogP contribution in [0.1, 0.15) is 19.8 Å². The summed E-state index contributed by atoms with van der Waals surface area (Å²) in [6, 6.07) is 8.38. The van der Waals surface area contributed by atoms with Crippen LogP contribution in [0.5, 0.6) is 5.75 Å². The van der Waals surface area contributed by atoms with Gasteiger partial charge in [0.15, 0.2) is 0 Å². The lowest BCUT2D eigenvalue weighted by atomic mass is 10.0. The van der Waals surface area contributed by atoms with E-state index in [1.54, 1.807) is 24.4 Å². The molecule has 0 spiro atoms. The van der Waals surface area contributed by atoms with E-state index in [9.17, 15) is 15.2 Å². The Morgan fingerprint density at radius 2 is 2.29 bits per heavy atom. The number of nitrogens with zero attached hydrogens (tertiary/aromatic N) is 2. The molecule has 110 valence electrons. The van der Waals surface area contributed by atoms with E-state index in [-0.39, 0.29) is 11.3 Å². The average molecular weight is 285 g/mol. The number of hydrogen-bond donors (Lipinski definition) is 2. The molecule has 1 aliphatic heterocycles. The first-order valence-corrected chi connectivity index (χ1v) is 7.05. The van der Waals surface area contributed by atoms with Crippen molar-refractivity contribution in [3.05, 3.63) is 36.0 Å². The standard InChI is InChI=1S/C16H19N3O2/c1-12-5-4-8-19(10-12)11-13(9-17)16(21)18-14-6-2-3-7-15(14)20/h2-3,6-7,11-12,20H,4-5,8,10H2,1H3,(H,18,21)/b13-11-. The minimum Gasteiger partial charge on any atom is -0.506 e. The van der Waals surface area contributed by atoms with Gasteiger partial charge in [-0.25, -0.2) is 0 Å². The van der Waals surface area contributed by atoms with Gasteiger partial charge in [0, 0.05) is 19.3 Å². The third kappa shape index (κ3) is 3.99. The van der Waals surface area contributed by atoms with Crippen molar-refractivity contribution >= 4 is 11.6 Å². The molecule has 0 saturated carbocycles. The summed E-state index contributed by atoms with van der Waals surface area (Å²) in [5.41, 5.74) is 0.350. The lowest BCUT2D eigenvalue weighted by Crippen LogP contribution is -2.31. The fourth-order valence-corrected chi connectivity index (χ4v) is 2.43. The van der Waals surface area contributed by atoms with Crippen molar-refractivity contribution < 1.29 is 9.90 Å². The monoisotopic (exact) mass is 285 g/mol. The van der Waals surface area contributed by atoms with Gasteiger partial charge in [0.1, 0.15) is 17.4 Å². The van der Waals surface area contributed by atoms with E-state index < -0.39 is 5.91 Å². The van der Waals surface area contributed by atoms with Crippen LogP contribution in [0.4, 0.5) is 5.69 Å². The van der Waals surface area contributed by atoms with Gasteiger partial charge >= 0.3 is 0 Å². The molecule has 1 aliphatic rings. The maximum absolute atomic E-state index is 12.1. The molecule has 0 aliphatic carbocycles. The highest BCUT2D eigenvalue weighted by molar-refractivity contribution is 6.07. The smallest absolute Gasteiger partial charge is 0.267 e. The van der Waals surface area contributed by atoms with Crippen LogP contribution in [0.2, 0.25) is 0 Å². The molecule has 2 rings (SSSR count). The largest absolute Gasteiger partial charge is 0.506 e. The van der Waals surface area contributed by atoms with E-state index in [4.69, 9.17) is 0 Å². The number of hydrogen-bond acceptors (Lipinski definition) is 4. The van der Waals surface area contributed by atoms with E-state index in [0.29, 0.717) is 11.6 Å². The first-order valence-electron chi connectivity index (χ1n) is 7.05. The zero-order valence-electron chi connectivity index (χ0n) is 12.0. The highest BCUT2D eigenvalue weighted by atomic mass is 16.3. The van der Waals surface area contributed by atoms with E-state index in [1.165, 1.54) is 12.5 Å². The number of amides is 1. The lowest BCUT2D eigenvalue weighted by molar-refractivity contribution is -0.112. The molecular formula is C16H19N3O2. The summed E-state index contributed by atoms with van der Waals surface area (Å²) in [5, 5.41) is 21.4. The number of piperidine rings is 1. The topological polar surface area (TPSA) is 76.4 Å². The number of rotatable bonds is 3. The second kappa shape index (κ2) is 6.80.